The second kappa shape index (κ2) is 10.9. The molecule has 2 atom stereocenters. The van der Waals surface area contributed by atoms with Gasteiger partial charge in [0.1, 0.15) is 0 Å². The van der Waals surface area contributed by atoms with Gasteiger partial charge in [0, 0.05) is 0 Å². The summed E-state index contributed by atoms with van der Waals surface area (Å²) in [6.45, 7) is 7.14. The summed E-state index contributed by atoms with van der Waals surface area (Å²) in [5.74, 6) is -0.736. The molecule has 2 unspecified atom stereocenters. The molecule has 39 heavy (non-hydrogen) atoms. The first kappa shape index (κ1) is 28.0. The van der Waals surface area contributed by atoms with Gasteiger partial charge in [-0.05, 0) is 0 Å². The van der Waals surface area contributed by atoms with E-state index in [9.17, 15) is 0 Å². The molecule has 0 bridgehead atoms. The van der Waals surface area contributed by atoms with Crippen LogP contribution < -0.4 is 0 Å². The third kappa shape index (κ3) is 4.67. The maximum absolute atomic E-state index is 8.28. The molecule has 0 heterocycles. The van der Waals surface area contributed by atoms with E-state index < -0.39 is 21.5 Å². The van der Waals surface area contributed by atoms with Crippen LogP contribution in [0.1, 0.15) is 92.9 Å². The average molecular weight is 652 g/mol. The number of hydrogen-bond donors (Lipinski definition) is 0. The van der Waals surface area contributed by atoms with Crippen LogP contribution in [-0.2, 0) is 15.6 Å². The number of rotatable bonds is 7. The molecule has 0 nitrogen and oxygen atoms in total. The zero-order chi connectivity index (χ0) is 27.2. The summed E-state index contributed by atoms with van der Waals surface area (Å²) in [5.41, 5.74) is 11.0. The quantitative estimate of drug-likeness (QED) is 0.223. The van der Waals surface area contributed by atoms with Crippen molar-refractivity contribution in [2.45, 2.75) is 78.1 Å². The van der Waals surface area contributed by atoms with Gasteiger partial charge in [0.2, 0.25) is 0 Å². The molecule has 0 aliphatic heterocycles. The molecular formula is C35H41Cl2SiZr. The summed E-state index contributed by atoms with van der Waals surface area (Å²) in [7, 11) is 16.6. The molecule has 3 aromatic carbocycles. The van der Waals surface area contributed by atoms with Gasteiger partial charge >= 0.3 is 246 Å². The predicted molar refractivity (Wildman–Crippen MR) is 172 cm³/mol. The van der Waals surface area contributed by atoms with Gasteiger partial charge in [0.05, 0.1) is 0 Å². The van der Waals surface area contributed by atoms with Gasteiger partial charge in [-0.25, -0.2) is 0 Å². The molecule has 1 fully saturated rings. The molecule has 4 heteroatoms. The van der Waals surface area contributed by atoms with Gasteiger partial charge < -0.3 is 0 Å². The van der Waals surface area contributed by atoms with E-state index in [-0.39, 0.29) is 7.25 Å². The fourth-order valence-electron chi connectivity index (χ4n) is 7.85. The van der Waals surface area contributed by atoms with Crippen LogP contribution in [0.15, 0.2) is 78.4 Å². The van der Waals surface area contributed by atoms with Crippen LogP contribution in [0.25, 0.3) is 23.3 Å². The van der Waals surface area contributed by atoms with Crippen LogP contribution in [-0.4, -0.2) is 5.92 Å². The summed E-state index contributed by atoms with van der Waals surface area (Å²) in [6, 6.07) is 25.2. The van der Waals surface area contributed by atoms with Crippen LogP contribution >= 0.6 is 17.0 Å². The molecule has 203 valence electrons. The molecular weight excluding hydrogens is 611 g/mol. The maximum atomic E-state index is 8.28. The van der Waals surface area contributed by atoms with Crippen LogP contribution in [0.3, 0.4) is 0 Å². The van der Waals surface area contributed by atoms with Crippen molar-refractivity contribution >= 4 is 35.1 Å². The normalized spacial score (nSPS) is 21.9. The monoisotopic (exact) mass is 649 g/mol. The zero-order valence-corrected chi connectivity index (χ0v) is 28.7. The third-order valence-electron chi connectivity index (χ3n) is 10.0. The Morgan fingerprint density at radius 3 is 2.28 bits per heavy atom. The third-order valence-corrected chi connectivity index (χ3v) is 62.0. The number of fused-ring (bicyclic) bond motifs is 2. The SMILES string of the molecule is CCCC1=Cc2c(-c3ccc(C4CCCCC4)cc3)cccc2[CH]1[Zr]([Cl])([Cl])([CH]1C=Cc2ccccc21)[SiH](C)C. The van der Waals surface area contributed by atoms with E-state index in [2.05, 4.69) is 105 Å². The molecule has 0 aromatic heterocycles. The van der Waals surface area contributed by atoms with Gasteiger partial charge in [-0.1, -0.05) is 0 Å². The molecule has 0 saturated heterocycles. The Morgan fingerprint density at radius 1 is 0.846 bits per heavy atom. The Hall–Kier alpha value is -1.18. The summed E-state index contributed by atoms with van der Waals surface area (Å²) in [5, 5.41) is 0. The fraction of sp³-hybridized carbons (Fsp3) is 0.371. The van der Waals surface area contributed by atoms with Crippen molar-refractivity contribution in [3.05, 3.63) is 106 Å². The standard InChI is InChI=1S/C24H27.C9H7.C2H7Si.2ClH.Zr/c1-2-7-18-16-22-10-6-11-23(24(22)17-18)21-14-12-20(13-15-21)19-8-4-3-5-9-19;1-2-5-9-7-3-6-8(9)4-1;1-3-2;;;/h6,10-17,19H,2-5,7-9H2,1H3;1-7H;3H,1-2H3;2*1H;/q;;;;;+2/p-2. The Morgan fingerprint density at radius 2 is 1.56 bits per heavy atom. The molecule has 3 aliphatic rings. The molecule has 6 rings (SSSR count). The minimum atomic E-state index is -4.51. The van der Waals surface area contributed by atoms with E-state index in [0.717, 1.165) is 18.8 Å². The summed E-state index contributed by atoms with van der Waals surface area (Å²) < 4.78 is 0.353. The van der Waals surface area contributed by atoms with Crippen molar-refractivity contribution in [3.8, 4) is 11.1 Å². The van der Waals surface area contributed by atoms with E-state index in [4.69, 9.17) is 17.0 Å². The van der Waals surface area contributed by atoms with Crippen molar-refractivity contribution in [1.29, 1.82) is 0 Å². The molecule has 0 amide bonds. The Kier molecular flexibility index (Phi) is 7.82. The van der Waals surface area contributed by atoms with E-state index in [1.165, 1.54) is 76.6 Å². The van der Waals surface area contributed by atoms with Crippen molar-refractivity contribution in [1.82, 2.24) is 0 Å². The van der Waals surface area contributed by atoms with E-state index >= 15 is 0 Å². The van der Waals surface area contributed by atoms with Crippen LogP contribution in [0.4, 0.5) is 0 Å². The fourth-order valence-corrected chi connectivity index (χ4v) is 37.3. The second-order valence-electron chi connectivity index (χ2n) is 12.5. The summed E-state index contributed by atoms with van der Waals surface area (Å²) in [4.78, 5) is 0. The molecule has 3 aliphatic carbocycles. The Labute approximate surface area is 244 Å². The first-order chi connectivity index (χ1) is 18.8. The van der Waals surface area contributed by atoms with Crippen molar-refractivity contribution in [2.75, 3.05) is 0 Å². The van der Waals surface area contributed by atoms with E-state index in [0.29, 0.717) is 0 Å². The number of halogens is 2. The Balaban J connectivity index is 1.46. The van der Waals surface area contributed by atoms with Crippen molar-refractivity contribution in [2.24, 2.45) is 0 Å². The second-order valence-corrected chi connectivity index (χ2v) is 55.1. The van der Waals surface area contributed by atoms with Gasteiger partial charge in [-0.15, -0.1) is 0 Å². The van der Waals surface area contributed by atoms with Gasteiger partial charge in [-0.3, -0.25) is 0 Å². The molecule has 3 aromatic rings. The van der Waals surface area contributed by atoms with Gasteiger partial charge in [0.15, 0.2) is 0 Å². The minimum absolute atomic E-state index is 0.173. The van der Waals surface area contributed by atoms with Crippen LogP contribution in [0, 0.1) is 0 Å². The number of allylic oxidation sites excluding steroid dienone is 2. The number of benzene rings is 3. The van der Waals surface area contributed by atoms with E-state index in [1.807, 2.05) is 0 Å². The topological polar surface area (TPSA) is 0 Å². The summed E-state index contributed by atoms with van der Waals surface area (Å²) >= 11 is -4.51. The first-order valence-electron chi connectivity index (χ1n) is 15.1. The average Bonchev–Trinajstić information content (AvgIpc) is 3.57. The van der Waals surface area contributed by atoms with Gasteiger partial charge in [0.25, 0.3) is 0 Å². The molecule has 0 spiro atoms. The first-order valence-corrected chi connectivity index (χ1v) is 31.4. The summed E-state index contributed by atoms with van der Waals surface area (Å²) in [6.07, 6.45) is 16.1. The Bertz CT molecular complexity index is 1430. The molecule has 0 N–H and O–H groups in total. The zero-order valence-electron chi connectivity index (χ0n) is 23.6. The van der Waals surface area contributed by atoms with Crippen molar-refractivity contribution in [3.63, 3.8) is 0 Å². The van der Waals surface area contributed by atoms with Crippen LogP contribution in [0.5, 0.6) is 0 Å². The van der Waals surface area contributed by atoms with Gasteiger partial charge in [-0.2, -0.15) is 0 Å². The van der Waals surface area contributed by atoms with Crippen LogP contribution in [0.2, 0.25) is 13.1 Å². The predicted octanol–water partition coefficient (Wildman–Crippen LogP) is 11.4. The molecule has 0 radical (unpaired) electrons. The number of hydrogen-bond acceptors (Lipinski definition) is 0. The van der Waals surface area contributed by atoms with E-state index in [1.54, 1.807) is 0 Å². The molecule has 1 saturated carbocycles. The van der Waals surface area contributed by atoms with Crippen molar-refractivity contribution < 1.29 is 15.6 Å².